The van der Waals surface area contributed by atoms with Crippen LogP contribution < -0.4 is 5.43 Å². The largest absolute Gasteiger partial charge is 0.253 e. The fourth-order valence-corrected chi connectivity index (χ4v) is 3.27. The van der Waals surface area contributed by atoms with Crippen LogP contribution in [0.1, 0.15) is 5.56 Å². The van der Waals surface area contributed by atoms with Crippen LogP contribution in [0, 0.1) is 0 Å². The van der Waals surface area contributed by atoms with Crippen LogP contribution in [0.15, 0.2) is 106 Å². The van der Waals surface area contributed by atoms with Gasteiger partial charge in [-0.2, -0.15) is 5.10 Å². The van der Waals surface area contributed by atoms with E-state index in [9.17, 15) is 0 Å². The van der Waals surface area contributed by atoms with Crippen LogP contribution in [0.5, 0.6) is 0 Å². The third-order valence-electron chi connectivity index (χ3n) is 3.84. The fraction of sp³-hybridized carbons (Fsp3) is 0. The lowest BCUT2D eigenvalue weighted by molar-refractivity contribution is 1.24. The van der Waals surface area contributed by atoms with E-state index in [1.807, 2.05) is 91.0 Å². The van der Waals surface area contributed by atoms with E-state index in [2.05, 4.69) is 25.7 Å². The zero-order valence-corrected chi connectivity index (χ0v) is 15.8. The highest BCUT2D eigenvalue weighted by Crippen LogP contribution is 2.38. The molecule has 28 heavy (non-hydrogen) atoms. The first kappa shape index (κ1) is 17.8. The summed E-state index contributed by atoms with van der Waals surface area (Å²) in [5.41, 5.74) is 6.57. The van der Waals surface area contributed by atoms with Gasteiger partial charge >= 0.3 is 0 Å². The van der Waals surface area contributed by atoms with Gasteiger partial charge in [0.2, 0.25) is 5.13 Å². The topological polar surface area (TPSA) is 62.0 Å². The molecule has 1 N–H and O–H groups in total. The highest BCUT2D eigenvalue weighted by Gasteiger charge is 2.12. The number of hydrogen-bond acceptors (Lipinski definition) is 6. The van der Waals surface area contributed by atoms with E-state index in [-0.39, 0.29) is 0 Å². The zero-order valence-electron chi connectivity index (χ0n) is 14.9. The van der Waals surface area contributed by atoms with Gasteiger partial charge in [0.25, 0.3) is 0 Å². The maximum Gasteiger partial charge on any atom is 0.206 e. The summed E-state index contributed by atoms with van der Waals surface area (Å²) in [7, 11) is 0. The first-order valence-electron chi connectivity index (χ1n) is 8.76. The average Bonchev–Trinajstić information content (AvgIpc) is 3.17. The minimum absolute atomic E-state index is 0.660. The number of nitrogens with one attached hydrogen (secondary N) is 1. The molecule has 0 saturated heterocycles. The maximum absolute atomic E-state index is 4.66. The van der Waals surface area contributed by atoms with E-state index in [1.54, 1.807) is 6.21 Å². The van der Waals surface area contributed by atoms with Crippen LogP contribution in [0.25, 0.3) is 11.3 Å². The summed E-state index contributed by atoms with van der Waals surface area (Å²) < 4.78 is 0. The monoisotopic (exact) mass is 383 g/mol. The Morgan fingerprint density at radius 3 is 2.11 bits per heavy atom. The summed E-state index contributed by atoms with van der Waals surface area (Å²) >= 11 is 1.41. The Morgan fingerprint density at radius 2 is 1.39 bits per heavy atom. The molecule has 3 aromatic carbocycles. The van der Waals surface area contributed by atoms with Crippen molar-refractivity contribution in [2.45, 2.75) is 0 Å². The SMILES string of the molecule is C(=N\Nc1nc(-c2ccccc2)c(N=Nc2ccccc2)s1)/c1ccccc1. The smallest absolute Gasteiger partial charge is 0.206 e. The molecule has 0 saturated carbocycles. The van der Waals surface area contributed by atoms with Crippen molar-refractivity contribution in [1.82, 2.24) is 4.98 Å². The van der Waals surface area contributed by atoms with Crippen LogP contribution in [-0.4, -0.2) is 11.2 Å². The predicted molar refractivity (Wildman–Crippen MR) is 116 cm³/mol. The molecule has 0 atom stereocenters. The fourth-order valence-electron chi connectivity index (χ4n) is 2.51. The molecule has 0 spiro atoms. The Bertz CT molecular complexity index is 1070. The zero-order chi connectivity index (χ0) is 19.0. The number of aromatic nitrogens is 1. The molecule has 0 amide bonds. The van der Waals surface area contributed by atoms with E-state index in [0.29, 0.717) is 5.13 Å². The average molecular weight is 383 g/mol. The van der Waals surface area contributed by atoms with E-state index < -0.39 is 0 Å². The Morgan fingerprint density at radius 1 is 0.750 bits per heavy atom. The third kappa shape index (κ3) is 4.55. The van der Waals surface area contributed by atoms with Gasteiger partial charge in [-0.15, -0.1) is 10.2 Å². The highest BCUT2D eigenvalue weighted by atomic mass is 32.1. The molecular weight excluding hydrogens is 366 g/mol. The summed E-state index contributed by atoms with van der Waals surface area (Å²) in [5, 5.41) is 14.4. The van der Waals surface area contributed by atoms with Crippen molar-refractivity contribution in [2.75, 3.05) is 5.43 Å². The molecule has 4 rings (SSSR count). The first-order valence-corrected chi connectivity index (χ1v) is 9.57. The summed E-state index contributed by atoms with van der Waals surface area (Å²) in [6.45, 7) is 0. The summed E-state index contributed by atoms with van der Waals surface area (Å²) in [5.74, 6) is 0. The predicted octanol–water partition coefficient (Wildman–Crippen LogP) is 6.67. The molecule has 4 aromatic rings. The van der Waals surface area contributed by atoms with E-state index >= 15 is 0 Å². The molecule has 6 heteroatoms. The van der Waals surface area contributed by atoms with Crippen molar-refractivity contribution >= 4 is 33.4 Å². The molecule has 0 fully saturated rings. The second kappa shape index (κ2) is 8.83. The maximum atomic E-state index is 4.66. The molecule has 0 aliphatic carbocycles. The van der Waals surface area contributed by atoms with E-state index in [1.165, 1.54) is 11.3 Å². The van der Waals surface area contributed by atoms with Gasteiger partial charge in [-0.25, -0.2) is 4.98 Å². The molecule has 0 bridgehead atoms. The third-order valence-corrected chi connectivity index (χ3v) is 4.69. The van der Waals surface area contributed by atoms with Crippen molar-refractivity contribution in [2.24, 2.45) is 15.3 Å². The molecule has 0 radical (unpaired) electrons. The lowest BCUT2D eigenvalue weighted by Gasteiger charge is -1.97. The number of hydrogen-bond donors (Lipinski definition) is 1. The Balaban J connectivity index is 1.60. The van der Waals surface area contributed by atoms with Crippen molar-refractivity contribution in [3.05, 3.63) is 96.6 Å². The van der Waals surface area contributed by atoms with Gasteiger partial charge in [0.1, 0.15) is 5.69 Å². The van der Waals surface area contributed by atoms with Crippen molar-refractivity contribution in [3.63, 3.8) is 0 Å². The quantitative estimate of drug-likeness (QED) is 0.229. The van der Waals surface area contributed by atoms with E-state index in [0.717, 1.165) is 27.5 Å². The summed E-state index contributed by atoms with van der Waals surface area (Å²) in [4.78, 5) is 4.66. The molecule has 1 heterocycles. The van der Waals surface area contributed by atoms with Crippen LogP contribution in [0.2, 0.25) is 0 Å². The molecule has 0 aliphatic rings. The summed E-state index contributed by atoms with van der Waals surface area (Å²) in [6.07, 6.45) is 1.76. The number of nitrogens with zero attached hydrogens (tertiary/aromatic N) is 4. The lowest BCUT2D eigenvalue weighted by Crippen LogP contribution is -1.89. The van der Waals surface area contributed by atoms with E-state index in [4.69, 9.17) is 0 Å². The van der Waals surface area contributed by atoms with Crippen LogP contribution in [0.3, 0.4) is 0 Å². The van der Waals surface area contributed by atoms with Crippen molar-refractivity contribution in [3.8, 4) is 11.3 Å². The molecule has 0 unspecified atom stereocenters. The van der Waals surface area contributed by atoms with Gasteiger partial charge in [0.15, 0.2) is 5.00 Å². The lowest BCUT2D eigenvalue weighted by atomic mass is 10.2. The normalized spacial score (nSPS) is 11.3. The van der Waals surface area contributed by atoms with Crippen molar-refractivity contribution in [1.29, 1.82) is 0 Å². The number of benzene rings is 3. The molecule has 0 aliphatic heterocycles. The molecule has 136 valence electrons. The Hall–Kier alpha value is -3.64. The van der Waals surface area contributed by atoms with Gasteiger partial charge in [-0.1, -0.05) is 90.2 Å². The van der Waals surface area contributed by atoms with Gasteiger partial charge in [-0.05, 0) is 17.7 Å². The van der Waals surface area contributed by atoms with Gasteiger partial charge in [-0.3, -0.25) is 5.43 Å². The minimum atomic E-state index is 0.660. The van der Waals surface area contributed by atoms with Crippen LogP contribution >= 0.6 is 11.3 Å². The second-order valence-electron chi connectivity index (χ2n) is 5.86. The molecule has 1 aromatic heterocycles. The molecule has 5 nitrogen and oxygen atoms in total. The van der Waals surface area contributed by atoms with Crippen molar-refractivity contribution < 1.29 is 0 Å². The Labute approximate surface area is 167 Å². The van der Waals surface area contributed by atoms with Crippen LogP contribution in [0.4, 0.5) is 15.8 Å². The Kier molecular flexibility index (Phi) is 5.60. The van der Waals surface area contributed by atoms with Gasteiger partial charge < -0.3 is 0 Å². The molecular formula is C22H17N5S. The number of hydrazone groups is 1. The van der Waals surface area contributed by atoms with Crippen LogP contribution in [-0.2, 0) is 0 Å². The summed E-state index contributed by atoms with van der Waals surface area (Å²) in [6, 6.07) is 29.5. The standard InChI is InChI=1S/C22H17N5S/c1-4-10-17(11-5-1)16-23-27-22-24-20(18-12-6-2-7-13-18)21(28-22)26-25-19-14-8-3-9-15-19/h1-16H,(H,24,27)/b23-16+,26-25?. The first-order chi connectivity index (χ1) is 13.9. The number of thiazole rings is 1. The number of rotatable bonds is 6. The highest BCUT2D eigenvalue weighted by molar-refractivity contribution is 7.19. The van der Waals surface area contributed by atoms with Gasteiger partial charge in [0, 0.05) is 5.56 Å². The number of azo groups is 1. The van der Waals surface area contributed by atoms with Gasteiger partial charge in [0.05, 0.1) is 11.9 Å². The minimum Gasteiger partial charge on any atom is -0.253 e. The second-order valence-corrected chi connectivity index (χ2v) is 6.83. The number of anilines is 1.